The molecule has 0 spiro atoms. The molecule has 21 heavy (non-hydrogen) atoms. The van der Waals surface area contributed by atoms with Crippen LogP contribution in [0.3, 0.4) is 0 Å². The number of rotatable bonds is 4. The molecule has 3 rings (SSSR count). The van der Waals surface area contributed by atoms with Gasteiger partial charge in [-0.3, -0.25) is 4.79 Å². The van der Waals surface area contributed by atoms with Crippen LogP contribution in [0.5, 0.6) is 0 Å². The number of hydrogen-bond acceptors (Lipinski definition) is 4. The summed E-state index contributed by atoms with van der Waals surface area (Å²) in [6.45, 7) is 1.21. The van der Waals surface area contributed by atoms with E-state index in [1.54, 1.807) is 18.4 Å². The quantitative estimate of drug-likeness (QED) is 0.691. The summed E-state index contributed by atoms with van der Waals surface area (Å²) in [5.74, 6) is 0.480. The highest BCUT2D eigenvalue weighted by Crippen LogP contribution is 2.26. The molecule has 0 atom stereocenters. The van der Waals surface area contributed by atoms with Gasteiger partial charge in [-0.15, -0.1) is 0 Å². The Labute approximate surface area is 123 Å². The highest BCUT2D eigenvalue weighted by Gasteiger charge is 2.18. The van der Waals surface area contributed by atoms with E-state index in [9.17, 15) is 4.79 Å². The average molecular weight is 283 g/mol. The molecule has 0 aliphatic carbocycles. The summed E-state index contributed by atoms with van der Waals surface area (Å²) in [6.07, 6.45) is 5.20. The fourth-order valence-corrected chi connectivity index (χ4v) is 2.52. The minimum Gasteiger partial charge on any atom is -0.463 e. The van der Waals surface area contributed by atoms with Gasteiger partial charge in [-0.1, -0.05) is 18.2 Å². The van der Waals surface area contributed by atoms with Gasteiger partial charge in [-0.25, -0.2) is 5.43 Å². The van der Waals surface area contributed by atoms with Crippen LogP contribution in [-0.2, 0) is 11.2 Å². The number of nitrogens with zero attached hydrogens (tertiary/aromatic N) is 2. The molecule has 1 aromatic carbocycles. The summed E-state index contributed by atoms with van der Waals surface area (Å²) in [4.78, 5) is 14.0. The van der Waals surface area contributed by atoms with Crippen LogP contribution in [-0.4, -0.2) is 25.2 Å². The summed E-state index contributed by atoms with van der Waals surface area (Å²) >= 11 is 0. The van der Waals surface area contributed by atoms with Gasteiger partial charge in [0.05, 0.1) is 19.0 Å². The first kappa shape index (κ1) is 13.4. The van der Waals surface area contributed by atoms with Gasteiger partial charge in [0.2, 0.25) is 0 Å². The molecule has 5 heteroatoms. The fraction of sp³-hybridized carbons (Fsp3) is 0.250. The number of amides is 1. The van der Waals surface area contributed by atoms with E-state index in [1.165, 1.54) is 11.8 Å². The van der Waals surface area contributed by atoms with Gasteiger partial charge in [-0.05, 0) is 36.6 Å². The molecule has 0 saturated heterocycles. The third-order valence-corrected chi connectivity index (χ3v) is 3.47. The zero-order valence-electron chi connectivity index (χ0n) is 11.7. The van der Waals surface area contributed by atoms with Gasteiger partial charge < -0.3 is 9.32 Å². The highest BCUT2D eigenvalue weighted by molar-refractivity contribution is 5.83. The largest absolute Gasteiger partial charge is 0.463 e. The fourth-order valence-electron chi connectivity index (χ4n) is 2.52. The Morgan fingerprint density at radius 3 is 3.10 bits per heavy atom. The second-order valence-electron chi connectivity index (χ2n) is 4.96. The van der Waals surface area contributed by atoms with Gasteiger partial charge in [0.1, 0.15) is 5.76 Å². The number of fused-ring (bicyclic) bond motifs is 1. The first-order chi connectivity index (χ1) is 10.3. The second kappa shape index (κ2) is 6.26. The van der Waals surface area contributed by atoms with Crippen molar-refractivity contribution in [2.24, 2.45) is 5.10 Å². The smallest absolute Gasteiger partial charge is 0.259 e. The van der Waals surface area contributed by atoms with Crippen LogP contribution in [0.15, 0.2) is 52.2 Å². The number of benzene rings is 1. The lowest BCUT2D eigenvalue weighted by Crippen LogP contribution is -2.38. The minimum absolute atomic E-state index is 0.130. The van der Waals surface area contributed by atoms with Crippen molar-refractivity contribution in [3.63, 3.8) is 0 Å². The average Bonchev–Trinajstić information content (AvgIpc) is 3.01. The van der Waals surface area contributed by atoms with Gasteiger partial charge in [0.25, 0.3) is 5.91 Å². The number of nitrogens with one attached hydrogen (secondary N) is 1. The van der Waals surface area contributed by atoms with E-state index in [0.29, 0.717) is 12.3 Å². The molecule has 1 aromatic heterocycles. The van der Waals surface area contributed by atoms with Gasteiger partial charge in [0.15, 0.2) is 0 Å². The van der Waals surface area contributed by atoms with Crippen LogP contribution >= 0.6 is 0 Å². The molecule has 2 aromatic rings. The second-order valence-corrected chi connectivity index (χ2v) is 4.96. The van der Waals surface area contributed by atoms with Crippen LogP contribution in [0.2, 0.25) is 0 Å². The van der Waals surface area contributed by atoms with E-state index in [1.807, 2.05) is 12.1 Å². The maximum Gasteiger partial charge on any atom is 0.259 e. The molecule has 2 heterocycles. The molecule has 0 saturated carbocycles. The molecule has 0 fully saturated rings. The predicted octanol–water partition coefficient (Wildman–Crippen LogP) is 2.18. The number of para-hydroxylation sites is 1. The summed E-state index contributed by atoms with van der Waals surface area (Å²) < 4.78 is 5.10. The van der Waals surface area contributed by atoms with Crippen molar-refractivity contribution in [3.05, 3.63) is 54.0 Å². The van der Waals surface area contributed by atoms with Crippen molar-refractivity contribution < 1.29 is 9.21 Å². The number of furan rings is 1. The Bertz CT molecular complexity index is 635. The van der Waals surface area contributed by atoms with Crippen molar-refractivity contribution >= 4 is 17.8 Å². The first-order valence-corrected chi connectivity index (χ1v) is 7.01. The number of carbonyl (C=O) groups excluding carboxylic acids is 1. The molecular formula is C16H17N3O2. The highest BCUT2D eigenvalue weighted by atomic mass is 16.3. The Morgan fingerprint density at radius 1 is 1.33 bits per heavy atom. The molecule has 0 bridgehead atoms. The lowest BCUT2D eigenvalue weighted by molar-refractivity contribution is -0.119. The van der Waals surface area contributed by atoms with Crippen LogP contribution in [0.4, 0.5) is 5.69 Å². The summed E-state index contributed by atoms with van der Waals surface area (Å²) in [5, 5.41) is 3.89. The molecular weight excluding hydrogens is 266 g/mol. The predicted molar refractivity (Wildman–Crippen MR) is 81.4 cm³/mol. The Morgan fingerprint density at radius 2 is 2.24 bits per heavy atom. The Kier molecular flexibility index (Phi) is 4.00. The van der Waals surface area contributed by atoms with Gasteiger partial charge in [0, 0.05) is 12.2 Å². The van der Waals surface area contributed by atoms with Crippen LogP contribution in [0.1, 0.15) is 17.7 Å². The third-order valence-electron chi connectivity index (χ3n) is 3.47. The zero-order valence-corrected chi connectivity index (χ0v) is 11.7. The van der Waals surface area contributed by atoms with E-state index in [2.05, 4.69) is 27.6 Å². The van der Waals surface area contributed by atoms with Crippen LogP contribution in [0, 0.1) is 0 Å². The number of anilines is 1. The standard InChI is InChI=1S/C16H17N3O2/c20-16(18-17-11-14-7-4-10-21-14)12-19-9-3-6-13-5-1-2-8-15(13)19/h1-2,4-5,7-8,10-11H,3,6,9,12H2,(H,18,20)/b17-11+. The number of hydrazone groups is 1. The lowest BCUT2D eigenvalue weighted by Gasteiger charge is -2.30. The van der Waals surface area contributed by atoms with E-state index < -0.39 is 0 Å². The minimum atomic E-state index is -0.130. The van der Waals surface area contributed by atoms with E-state index >= 15 is 0 Å². The first-order valence-electron chi connectivity index (χ1n) is 7.01. The molecule has 108 valence electrons. The van der Waals surface area contributed by atoms with Crippen molar-refractivity contribution in [2.75, 3.05) is 18.0 Å². The summed E-state index contributed by atoms with van der Waals surface area (Å²) in [5.41, 5.74) is 4.98. The molecule has 5 nitrogen and oxygen atoms in total. The maximum absolute atomic E-state index is 12.0. The lowest BCUT2D eigenvalue weighted by atomic mass is 10.0. The van der Waals surface area contributed by atoms with Gasteiger partial charge in [-0.2, -0.15) is 5.10 Å². The number of carbonyl (C=O) groups is 1. The van der Waals surface area contributed by atoms with Gasteiger partial charge >= 0.3 is 0 Å². The normalized spacial score (nSPS) is 14.2. The van der Waals surface area contributed by atoms with Crippen LogP contribution in [0.25, 0.3) is 0 Å². The SMILES string of the molecule is O=C(CN1CCCc2ccccc21)N/N=C/c1ccco1. The molecule has 1 amide bonds. The summed E-state index contributed by atoms with van der Waals surface area (Å²) in [6, 6.07) is 11.8. The van der Waals surface area contributed by atoms with Crippen molar-refractivity contribution in [2.45, 2.75) is 12.8 Å². The number of aryl methyl sites for hydroxylation is 1. The number of hydrogen-bond donors (Lipinski definition) is 1. The third kappa shape index (κ3) is 3.31. The zero-order chi connectivity index (χ0) is 14.5. The topological polar surface area (TPSA) is 57.8 Å². The molecule has 1 aliphatic rings. The molecule has 0 radical (unpaired) electrons. The van der Waals surface area contributed by atoms with Crippen molar-refractivity contribution in [3.8, 4) is 0 Å². The Hall–Kier alpha value is -2.56. The van der Waals surface area contributed by atoms with Crippen molar-refractivity contribution in [1.82, 2.24) is 5.43 Å². The molecule has 1 N–H and O–H groups in total. The van der Waals surface area contributed by atoms with Crippen LogP contribution < -0.4 is 10.3 Å². The summed E-state index contributed by atoms with van der Waals surface area (Å²) in [7, 11) is 0. The molecule has 1 aliphatic heterocycles. The maximum atomic E-state index is 12.0. The molecule has 0 unspecified atom stereocenters. The Balaban J connectivity index is 1.58. The van der Waals surface area contributed by atoms with E-state index in [4.69, 9.17) is 4.42 Å². The van der Waals surface area contributed by atoms with Crippen molar-refractivity contribution in [1.29, 1.82) is 0 Å². The van der Waals surface area contributed by atoms with E-state index in [-0.39, 0.29) is 5.91 Å². The monoisotopic (exact) mass is 283 g/mol. The van der Waals surface area contributed by atoms with E-state index in [0.717, 1.165) is 25.1 Å².